The highest BCUT2D eigenvalue weighted by Crippen LogP contribution is 2.47. The van der Waals surface area contributed by atoms with Crippen LogP contribution in [0, 0.1) is 0 Å². The maximum atomic E-state index is 11.8. The van der Waals surface area contributed by atoms with Crippen molar-refractivity contribution in [3.63, 3.8) is 0 Å². The lowest BCUT2D eigenvalue weighted by atomic mass is 9.96. The molecule has 2 fully saturated rings. The first-order valence-electron chi connectivity index (χ1n) is 9.07. The van der Waals surface area contributed by atoms with Crippen LogP contribution in [0.4, 0.5) is 0 Å². The van der Waals surface area contributed by atoms with E-state index in [0.29, 0.717) is 6.42 Å². The van der Waals surface area contributed by atoms with Crippen LogP contribution in [0.25, 0.3) is 0 Å². The number of halogens is 1. The largest absolute Gasteiger partial charge is 0.356 e. The summed E-state index contributed by atoms with van der Waals surface area (Å²) in [4.78, 5) is 18.1. The van der Waals surface area contributed by atoms with Gasteiger partial charge in [-0.3, -0.25) is 9.79 Å². The Morgan fingerprint density at radius 1 is 1.36 bits per heavy atom. The number of hydrogen-bond donors (Lipinski definition) is 2. The molecule has 1 aromatic rings. The SMILES string of the molecule is CCC(=O)N1CCC(NC(=NC)NCC2(c3ccc(Cl)cc3)CC2)C1. The highest BCUT2D eigenvalue weighted by Gasteiger charge is 2.44. The van der Waals surface area contributed by atoms with Crippen molar-refractivity contribution in [2.45, 2.75) is 44.1 Å². The predicted octanol–water partition coefficient (Wildman–Crippen LogP) is 2.55. The third-order valence-corrected chi connectivity index (χ3v) is 5.56. The third-order valence-electron chi connectivity index (χ3n) is 5.31. The smallest absolute Gasteiger partial charge is 0.222 e. The summed E-state index contributed by atoms with van der Waals surface area (Å²) in [6, 6.07) is 8.44. The van der Waals surface area contributed by atoms with E-state index in [2.05, 4.69) is 27.8 Å². The molecular formula is C19H27ClN4O. The minimum Gasteiger partial charge on any atom is -0.356 e. The molecule has 1 aromatic carbocycles. The number of nitrogens with one attached hydrogen (secondary N) is 2. The third kappa shape index (κ3) is 4.27. The van der Waals surface area contributed by atoms with Crippen LogP contribution < -0.4 is 10.6 Å². The molecule has 136 valence electrons. The molecule has 0 radical (unpaired) electrons. The van der Waals surface area contributed by atoms with Crippen molar-refractivity contribution in [1.29, 1.82) is 0 Å². The summed E-state index contributed by atoms with van der Waals surface area (Å²) >= 11 is 6.00. The minimum absolute atomic E-state index is 0.197. The summed E-state index contributed by atoms with van der Waals surface area (Å²) < 4.78 is 0. The van der Waals surface area contributed by atoms with Crippen molar-refractivity contribution < 1.29 is 4.79 Å². The van der Waals surface area contributed by atoms with Gasteiger partial charge in [0.25, 0.3) is 0 Å². The van der Waals surface area contributed by atoms with Gasteiger partial charge in [0.05, 0.1) is 0 Å². The van der Waals surface area contributed by atoms with E-state index in [4.69, 9.17) is 11.6 Å². The van der Waals surface area contributed by atoms with Gasteiger partial charge in [-0.25, -0.2) is 0 Å². The van der Waals surface area contributed by atoms with Crippen molar-refractivity contribution in [2.75, 3.05) is 26.7 Å². The molecule has 6 heteroatoms. The number of carbonyl (C=O) groups is 1. The van der Waals surface area contributed by atoms with Crippen LogP contribution in [0.15, 0.2) is 29.3 Å². The normalized spacial score (nSPS) is 22.0. The number of amides is 1. The second-order valence-corrected chi connectivity index (χ2v) is 7.47. The van der Waals surface area contributed by atoms with E-state index in [1.165, 1.54) is 18.4 Å². The van der Waals surface area contributed by atoms with Crippen LogP contribution in [0.5, 0.6) is 0 Å². The van der Waals surface area contributed by atoms with Gasteiger partial charge in [-0.1, -0.05) is 30.7 Å². The Labute approximate surface area is 154 Å². The lowest BCUT2D eigenvalue weighted by molar-refractivity contribution is -0.129. The van der Waals surface area contributed by atoms with Crippen molar-refractivity contribution in [1.82, 2.24) is 15.5 Å². The Balaban J connectivity index is 1.52. The van der Waals surface area contributed by atoms with Gasteiger partial charge in [0.2, 0.25) is 5.91 Å². The Hall–Kier alpha value is -1.75. The molecule has 1 aliphatic heterocycles. The zero-order valence-corrected chi connectivity index (χ0v) is 15.8. The number of benzene rings is 1. The first kappa shape index (κ1) is 18.1. The molecule has 2 aliphatic rings. The van der Waals surface area contributed by atoms with E-state index in [-0.39, 0.29) is 17.4 Å². The number of carbonyl (C=O) groups excluding carboxylic acids is 1. The van der Waals surface area contributed by atoms with Gasteiger partial charge in [0, 0.05) is 49.6 Å². The first-order valence-corrected chi connectivity index (χ1v) is 9.45. The second-order valence-electron chi connectivity index (χ2n) is 7.04. The molecule has 1 atom stereocenters. The quantitative estimate of drug-likeness (QED) is 0.625. The van der Waals surface area contributed by atoms with Crippen LogP contribution in [0.3, 0.4) is 0 Å². The van der Waals surface area contributed by atoms with Crippen molar-refractivity contribution in [3.8, 4) is 0 Å². The number of nitrogens with zero attached hydrogens (tertiary/aromatic N) is 2. The molecule has 5 nitrogen and oxygen atoms in total. The van der Waals surface area contributed by atoms with Crippen molar-refractivity contribution in [3.05, 3.63) is 34.9 Å². The number of likely N-dealkylation sites (tertiary alicyclic amines) is 1. The van der Waals surface area contributed by atoms with Crippen molar-refractivity contribution in [2.24, 2.45) is 4.99 Å². The van der Waals surface area contributed by atoms with Gasteiger partial charge in [-0.05, 0) is 37.0 Å². The summed E-state index contributed by atoms with van der Waals surface area (Å²) in [5, 5.41) is 7.71. The summed E-state index contributed by atoms with van der Waals surface area (Å²) in [5.74, 6) is 1.04. The fraction of sp³-hybridized carbons (Fsp3) is 0.579. The van der Waals surface area contributed by atoms with Crippen LogP contribution in [0.2, 0.25) is 5.02 Å². The zero-order chi connectivity index (χ0) is 17.9. The van der Waals surface area contributed by atoms with Crippen LogP contribution in [-0.2, 0) is 10.2 Å². The topological polar surface area (TPSA) is 56.7 Å². The Bertz CT molecular complexity index is 639. The predicted molar refractivity (Wildman–Crippen MR) is 102 cm³/mol. The molecule has 1 aliphatic carbocycles. The van der Waals surface area contributed by atoms with E-state index in [9.17, 15) is 4.79 Å². The van der Waals surface area contributed by atoms with E-state index >= 15 is 0 Å². The highest BCUT2D eigenvalue weighted by molar-refractivity contribution is 6.30. The van der Waals surface area contributed by atoms with Gasteiger partial charge >= 0.3 is 0 Å². The average Bonchev–Trinajstić information content (AvgIpc) is 3.28. The van der Waals surface area contributed by atoms with Gasteiger partial charge in [0.15, 0.2) is 5.96 Å². The molecule has 1 amide bonds. The highest BCUT2D eigenvalue weighted by atomic mass is 35.5. The number of hydrogen-bond acceptors (Lipinski definition) is 2. The summed E-state index contributed by atoms with van der Waals surface area (Å²) in [7, 11) is 1.79. The standard InChI is InChI=1S/C19H27ClN4O/c1-3-17(25)24-11-8-16(12-24)23-18(21-2)22-13-19(9-10-19)14-4-6-15(20)7-5-14/h4-7,16H,3,8-13H2,1-2H3,(H2,21,22,23). The Morgan fingerprint density at radius 3 is 2.68 bits per heavy atom. The average molecular weight is 363 g/mol. The molecule has 1 unspecified atom stereocenters. The fourth-order valence-corrected chi connectivity index (χ4v) is 3.62. The van der Waals surface area contributed by atoms with Gasteiger partial charge in [0.1, 0.15) is 0 Å². The molecule has 0 spiro atoms. The molecular weight excluding hydrogens is 336 g/mol. The first-order chi connectivity index (χ1) is 12.1. The Kier molecular flexibility index (Phi) is 5.52. The molecule has 3 rings (SSSR count). The summed E-state index contributed by atoms with van der Waals surface area (Å²) in [6.07, 6.45) is 3.90. The van der Waals surface area contributed by atoms with E-state index in [1.807, 2.05) is 24.0 Å². The molecule has 1 saturated carbocycles. The lowest BCUT2D eigenvalue weighted by Gasteiger charge is -2.22. The lowest BCUT2D eigenvalue weighted by Crippen LogP contribution is -2.47. The molecule has 2 N–H and O–H groups in total. The molecule has 0 aromatic heterocycles. The Morgan fingerprint density at radius 2 is 2.08 bits per heavy atom. The second kappa shape index (κ2) is 7.65. The zero-order valence-electron chi connectivity index (χ0n) is 15.0. The van der Waals surface area contributed by atoms with Gasteiger partial charge < -0.3 is 15.5 Å². The van der Waals surface area contributed by atoms with Crippen LogP contribution in [-0.4, -0.2) is 49.5 Å². The number of aliphatic imine (C=N–C) groups is 1. The monoisotopic (exact) mass is 362 g/mol. The maximum absolute atomic E-state index is 11.8. The summed E-state index contributed by atoms with van der Waals surface area (Å²) in [6.45, 7) is 4.36. The van der Waals surface area contributed by atoms with Crippen LogP contribution >= 0.6 is 11.6 Å². The van der Waals surface area contributed by atoms with Crippen molar-refractivity contribution >= 4 is 23.5 Å². The minimum atomic E-state index is 0.197. The van der Waals surface area contributed by atoms with Crippen LogP contribution in [0.1, 0.15) is 38.2 Å². The van der Waals surface area contributed by atoms with E-state index < -0.39 is 0 Å². The summed E-state index contributed by atoms with van der Waals surface area (Å²) in [5.41, 5.74) is 1.53. The maximum Gasteiger partial charge on any atom is 0.222 e. The van der Waals surface area contributed by atoms with E-state index in [1.54, 1.807) is 7.05 Å². The number of rotatable bonds is 5. The fourth-order valence-electron chi connectivity index (χ4n) is 3.49. The molecule has 1 saturated heterocycles. The molecule has 1 heterocycles. The molecule has 0 bridgehead atoms. The van der Waals surface area contributed by atoms with E-state index in [0.717, 1.165) is 37.0 Å². The number of guanidine groups is 1. The molecule has 25 heavy (non-hydrogen) atoms. The van der Waals surface area contributed by atoms with Gasteiger partial charge in [-0.2, -0.15) is 0 Å². The van der Waals surface area contributed by atoms with Gasteiger partial charge in [-0.15, -0.1) is 0 Å².